The normalized spacial score (nSPS) is 21.4. The number of carbonyl (C=O) groups excluding carboxylic acids is 1. The Morgan fingerprint density at radius 2 is 2.00 bits per heavy atom. The van der Waals surface area contributed by atoms with E-state index in [9.17, 15) is 4.79 Å². The number of rotatable bonds is 6. The summed E-state index contributed by atoms with van der Waals surface area (Å²) in [6.07, 6.45) is 2.23. The smallest absolute Gasteiger partial charge is 0.234 e. The van der Waals surface area contributed by atoms with Gasteiger partial charge in [0.05, 0.1) is 6.54 Å². The van der Waals surface area contributed by atoms with Gasteiger partial charge in [0.15, 0.2) is 0 Å². The van der Waals surface area contributed by atoms with Crippen molar-refractivity contribution in [1.82, 2.24) is 15.5 Å². The molecule has 0 aromatic rings. The van der Waals surface area contributed by atoms with Gasteiger partial charge in [-0.2, -0.15) is 0 Å². The first kappa shape index (κ1) is 16.4. The highest BCUT2D eigenvalue weighted by Crippen LogP contribution is 2.15. The fraction of sp³-hybridized carbons (Fsp3) is 0.933. The molecule has 1 amide bonds. The summed E-state index contributed by atoms with van der Waals surface area (Å²) >= 11 is 0. The first-order valence-electron chi connectivity index (χ1n) is 7.56. The Kier molecular flexibility index (Phi) is 6.27. The van der Waals surface area contributed by atoms with Crippen LogP contribution in [0.3, 0.4) is 0 Å². The lowest BCUT2D eigenvalue weighted by atomic mass is 10.00. The van der Waals surface area contributed by atoms with E-state index >= 15 is 0 Å². The molecule has 19 heavy (non-hydrogen) atoms. The molecule has 4 nitrogen and oxygen atoms in total. The lowest BCUT2D eigenvalue weighted by molar-refractivity contribution is -0.124. The maximum Gasteiger partial charge on any atom is 0.234 e. The van der Waals surface area contributed by atoms with Gasteiger partial charge >= 0.3 is 0 Å². The van der Waals surface area contributed by atoms with Gasteiger partial charge in [-0.3, -0.25) is 9.69 Å². The van der Waals surface area contributed by atoms with Crippen LogP contribution >= 0.6 is 0 Å². The molecule has 1 aliphatic rings. The summed E-state index contributed by atoms with van der Waals surface area (Å²) in [6.45, 7) is 14.3. The predicted octanol–water partition coefficient (Wildman–Crippen LogP) is 1.61. The van der Waals surface area contributed by atoms with Crippen molar-refractivity contribution in [2.24, 2.45) is 5.92 Å². The van der Waals surface area contributed by atoms with E-state index in [1.54, 1.807) is 0 Å². The van der Waals surface area contributed by atoms with Gasteiger partial charge in [-0.05, 0) is 39.5 Å². The molecule has 1 fully saturated rings. The van der Waals surface area contributed by atoms with E-state index in [-0.39, 0.29) is 17.5 Å². The van der Waals surface area contributed by atoms with Crippen LogP contribution in [0.1, 0.15) is 47.5 Å². The van der Waals surface area contributed by atoms with E-state index in [0.717, 1.165) is 26.1 Å². The van der Waals surface area contributed by atoms with E-state index in [1.165, 1.54) is 6.42 Å². The van der Waals surface area contributed by atoms with Crippen LogP contribution in [-0.4, -0.2) is 48.6 Å². The average molecular weight is 269 g/mol. The van der Waals surface area contributed by atoms with Crippen LogP contribution in [-0.2, 0) is 4.79 Å². The first-order chi connectivity index (χ1) is 8.81. The molecule has 0 aromatic heterocycles. The monoisotopic (exact) mass is 269 g/mol. The molecule has 1 saturated heterocycles. The molecule has 112 valence electrons. The van der Waals surface area contributed by atoms with E-state index in [1.807, 2.05) is 0 Å². The molecule has 0 spiro atoms. The third-order valence-corrected chi connectivity index (χ3v) is 3.89. The summed E-state index contributed by atoms with van der Waals surface area (Å²) in [4.78, 5) is 14.4. The van der Waals surface area contributed by atoms with Crippen LogP contribution in [0.4, 0.5) is 0 Å². The highest BCUT2D eigenvalue weighted by molar-refractivity contribution is 5.78. The summed E-state index contributed by atoms with van der Waals surface area (Å²) in [5, 5.41) is 6.50. The summed E-state index contributed by atoms with van der Waals surface area (Å²) in [7, 11) is 0. The average Bonchev–Trinajstić information content (AvgIpc) is 2.29. The second-order valence-electron chi connectivity index (χ2n) is 6.85. The van der Waals surface area contributed by atoms with Gasteiger partial charge in [0, 0.05) is 31.2 Å². The number of piperazine rings is 1. The molecule has 0 bridgehead atoms. The Morgan fingerprint density at radius 1 is 1.32 bits per heavy atom. The second-order valence-corrected chi connectivity index (χ2v) is 6.85. The topological polar surface area (TPSA) is 44.4 Å². The van der Waals surface area contributed by atoms with Gasteiger partial charge in [-0.15, -0.1) is 0 Å². The van der Waals surface area contributed by atoms with Crippen molar-refractivity contribution in [2.75, 3.05) is 26.2 Å². The van der Waals surface area contributed by atoms with Crippen molar-refractivity contribution in [3.05, 3.63) is 0 Å². The Hall–Kier alpha value is -0.610. The van der Waals surface area contributed by atoms with Gasteiger partial charge in [0.1, 0.15) is 0 Å². The molecular formula is C15H31N3O. The Bertz CT molecular complexity index is 289. The number of carbonyl (C=O) groups is 1. The molecule has 0 radical (unpaired) electrons. The molecule has 1 atom stereocenters. The lowest BCUT2D eigenvalue weighted by Crippen LogP contribution is -2.60. The van der Waals surface area contributed by atoms with Crippen LogP contribution in [0.2, 0.25) is 0 Å². The highest BCUT2D eigenvalue weighted by Gasteiger charge is 2.30. The fourth-order valence-corrected chi connectivity index (χ4v) is 2.47. The summed E-state index contributed by atoms with van der Waals surface area (Å²) in [5.41, 5.74) is 0.0662. The number of nitrogens with one attached hydrogen (secondary N) is 2. The third-order valence-electron chi connectivity index (χ3n) is 3.89. The van der Waals surface area contributed by atoms with Gasteiger partial charge in [-0.25, -0.2) is 0 Å². The molecule has 0 aromatic carbocycles. The van der Waals surface area contributed by atoms with Crippen molar-refractivity contribution in [1.29, 1.82) is 0 Å². The number of amides is 1. The van der Waals surface area contributed by atoms with Crippen LogP contribution < -0.4 is 10.6 Å². The standard InChI is InChI=1S/C15H31N3O/c1-12(2)6-7-13(3)17-14(19)10-18-9-8-16-11-15(18,4)5/h12-13,16H,6-11H2,1-5H3,(H,17,19). The molecule has 0 saturated carbocycles. The lowest BCUT2D eigenvalue weighted by Gasteiger charge is -2.42. The number of hydrogen-bond donors (Lipinski definition) is 2. The zero-order valence-corrected chi connectivity index (χ0v) is 13.3. The summed E-state index contributed by atoms with van der Waals surface area (Å²) < 4.78 is 0. The Labute approximate surface area is 118 Å². The van der Waals surface area contributed by atoms with Crippen LogP contribution in [0.5, 0.6) is 0 Å². The SMILES string of the molecule is CC(C)CCC(C)NC(=O)CN1CCNCC1(C)C. The van der Waals surface area contributed by atoms with Crippen molar-refractivity contribution in [3.8, 4) is 0 Å². The quantitative estimate of drug-likeness (QED) is 0.770. The summed E-state index contributed by atoms with van der Waals surface area (Å²) in [5.74, 6) is 0.859. The first-order valence-corrected chi connectivity index (χ1v) is 7.56. The summed E-state index contributed by atoms with van der Waals surface area (Å²) in [6, 6.07) is 0.279. The minimum atomic E-state index is 0.0662. The maximum atomic E-state index is 12.1. The molecule has 1 aliphatic heterocycles. The van der Waals surface area contributed by atoms with Crippen LogP contribution in [0.15, 0.2) is 0 Å². The second kappa shape index (κ2) is 7.25. The molecular weight excluding hydrogens is 238 g/mol. The van der Waals surface area contributed by atoms with Crippen LogP contribution in [0, 0.1) is 5.92 Å². The van der Waals surface area contributed by atoms with Crippen LogP contribution in [0.25, 0.3) is 0 Å². The largest absolute Gasteiger partial charge is 0.353 e. The van der Waals surface area contributed by atoms with Gasteiger partial charge < -0.3 is 10.6 Å². The predicted molar refractivity (Wildman–Crippen MR) is 80.2 cm³/mol. The van der Waals surface area contributed by atoms with Crippen molar-refractivity contribution in [2.45, 2.75) is 59.0 Å². The molecule has 1 rings (SSSR count). The van der Waals surface area contributed by atoms with Crippen molar-refractivity contribution in [3.63, 3.8) is 0 Å². The minimum absolute atomic E-state index is 0.0662. The van der Waals surface area contributed by atoms with Gasteiger partial charge in [0.2, 0.25) is 5.91 Å². The Balaban J connectivity index is 2.33. The minimum Gasteiger partial charge on any atom is -0.353 e. The number of nitrogens with zero attached hydrogens (tertiary/aromatic N) is 1. The van der Waals surface area contributed by atoms with E-state index in [0.29, 0.717) is 12.5 Å². The zero-order valence-electron chi connectivity index (χ0n) is 13.3. The zero-order chi connectivity index (χ0) is 14.5. The highest BCUT2D eigenvalue weighted by atomic mass is 16.2. The molecule has 1 heterocycles. The molecule has 2 N–H and O–H groups in total. The van der Waals surface area contributed by atoms with Gasteiger partial charge in [-0.1, -0.05) is 13.8 Å². The third kappa shape index (κ3) is 5.91. The number of hydrogen-bond acceptors (Lipinski definition) is 3. The van der Waals surface area contributed by atoms with Crippen molar-refractivity contribution >= 4 is 5.91 Å². The van der Waals surface area contributed by atoms with E-state index in [2.05, 4.69) is 50.2 Å². The van der Waals surface area contributed by atoms with E-state index < -0.39 is 0 Å². The fourth-order valence-electron chi connectivity index (χ4n) is 2.47. The molecule has 4 heteroatoms. The molecule has 1 unspecified atom stereocenters. The maximum absolute atomic E-state index is 12.1. The van der Waals surface area contributed by atoms with E-state index in [4.69, 9.17) is 0 Å². The van der Waals surface area contributed by atoms with Gasteiger partial charge in [0.25, 0.3) is 0 Å². The van der Waals surface area contributed by atoms with Crippen molar-refractivity contribution < 1.29 is 4.79 Å². The molecule has 0 aliphatic carbocycles. The Morgan fingerprint density at radius 3 is 2.58 bits per heavy atom.